The fourth-order valence-electron chi connectivity index (χ4n) is 3.19. The molecule has 0 aromatic heterocycles. The Labute approximate surface area is 219 Å². The number of allylic oxidation sites excluding steroid dienone is 5. The van der Waals surface area contributed by atoms with Gasteiger partial charge in [0.2, 0.25) is 0 Å². The maximum absolute atomic E-state index is 11.3. The molecule has 0 spiro atoms. The molecule has 1 unspecified atom stereocenters. The predicted molar refractivity (Wildman–Crippen MR) is 151 cm³/mol. The van der Waals surface area contributed by atoms with Crippen LogP contribution >= 0.6 is 23.5 Å². The number of carbonyl (C=O) groups excluding carboxylic acids is 1. The van der Waals surface area contributed by atoms with E-state index in [0.717, 1.165) is 30.0 Å². The van der Waals surface area contributed by atoms with Gasteiger partial charge in [0.1, 0.15) is 0 Å². The lowest BCUT2D eigenvalue weighted by Crippen LogP contribution is -2.26. The van der Waals surface area contributed by atoms with E-state index in [4.69, 9.17) is 4.74 Å². The van der Waals surface area contributed by atoms with Crippen LogP contribution in [0.15, 0.2) is 80.6 Å². The van der Waals surface area contributed by atoms with Gasteiger partial charge in [-0.3, -0.25) is 4.79 Å². The van der Waals surface area contributed by atoms with Crippen LogP contribution in [0.2, 0.25) is 0 Å². The van der Waals surface area contributed by atoms with Crippen molar-refractivity contribution in [3.63, 3.8) is 0 Å². The number of thioether (sulfide) groups is 2. The monoisotopic (exact) mass is 517 g/mol. The zero-order valence-corrected chi connectivity index (χ0v) is 23.3. The third kappa shape index (κ3) is 12.0. The number of rotatable bonds is 5. The normalized spacial score (nSPS) is 26.1. The molecule has 0 saturated carbocycles. The number of carbonyl (C=O) groups is 1. The molecule has 0 saturated heterocycles. The van der Waals surface area contributed by atoms with Crippen molar-refractivity contribution in [2.24, 2.45) is 11.1 Å². The lowest BCUT2D eigenvalue weighted by Gasteiger charge is -2.28. The SMILES string of the molecule is CCOC.CO[C@@]1(C)C=CC(C2C/C=C(\C=O)S/C(SC)=C/C(=N/O)C2)=CC1.Cc1ccccc1. The van der Waals surface area contributed by atoms with Gasteiger partial charge in [0.05, 0.1) is 11.3 Å². The van der Waals surface area contributed by atoms with E-state index in [9.17, 15) is 10.0 Å². The average molecular weight is 518 g/mol. The average Bonchev–Trinajstić information content (AvgIpc) is 2.98. The maximum Gasteiger partial charge on any atom is 0.156 e. The standard InChI is InChI=1S/C18H23NO3S2.C7H8.C3H8O/c1-18(22-2)8-6-13(7-9-18)14-4-5-16(12-20)24-17(23-3)11-15(10-14)19-21;1-7-5-3-2-4-6-7;1-3-4-2/h5-8,11-12,14,21H,4,9-10H2,1-3H3;2-6H,1H3;3H2,1-2H3/b16-5+,17-11+,19-15+;;/t14?,18-;;/m0../s1. The van der Waals surface area contributed by atoms with Gasteiger partial charge in [0.15, 0.2) is 6.29 Å². The summed E-state index contributed by atoms with van der Waals surface area (Å²) in [6, 6.07) is 10.3. The van der Waals surface area contributed by atoms with E-state index in [1.165, 1.54) is 22.9 Å². The molecule has 0 radical (unpaired) electrons. The summed E-state index contributed by atoms with van der Waals surface area (Å²) in [6.45, 7) is 6.91. The number of aldehydes is 1. The van der Waals surface area contributed by atoms with Crippen LogP contribution in [0.25, 0.3) is 0 Å². The van der Waals surface area contributed by atoms with E-state index in [-0.39, 0.29) is 11.5 Å². The molecule has 1 heterocycles. The summed E-state index contributed by atoms with van der Waals surface area (Å²) in [6.07, 6.45) is 15.2. The lowest BCUT2D eigenvalue weighted by molar-refractivity contribution is -0.104. The van der Waals surface area contributed by atoms with Crippen LogP contribution in [-0.4, -0.2) is 49.9 Å². The lowest BCUT2D eigenvalue weighted by atomic mass is 9.83. The first-order valence-corrected chi connectivity index (χ1v) is 13.6. The second kappa shape index (κ2) is 17.4. The third-order valence-corrected chi connectivity index (χ3v) is 7.63. The highest BCUT2D eigenvalue weighted by molar-refractivity contribution is 8.24. The first kappa shape index (κ1) is 31.0. The van der Waals surface area contributed by atoms with Crippen molar-refractivity contribution in [2.45, 2.75) is 45.6 Å². The van der Waals surface area contributed by atoms with Crippen molar-refractivity contribution < 1.29 is 19.5 Å². The summed E-state index contributed by atoms with van der Waals surface area (Å²) in [4.78, 5) is 12.0. The predicted octanol–water partition coefficient (Wildman–Crippen LogP) is 7.19. The van der Waals surface area contributed by atoms with Gasteiger partial charge in [-0.15, -0.1) is 11.8 Å². The molecule has 2 aliphatic rings. The first-order chi connectivity index (χ1) is 16.8. The quantitative estimate of drug-likeness (QED) is 0.253. The van der Waals surface area contributed by atoms with Crippen LogP contribution in [0, 0.1) is 12.8 Å². The molecule has 1 aromatic rings. The van der Waals surface area contributed by atoms with Gasteiger partial charge in [0.25, 0.3) is 0 Å². The largest absolute Gasteiger partial charge is 0.411 e. The van der Waals surface area contributed by atoms with Crippen molar-refractivity contribution in [1.82, 2.24) is 0 Å². The van der Waals surface area contributed by atoms with E-state index in [0.29, 0.717) is 17.0 Å². The Hall–Kier alpha value is -2.06. The van der Waals surface area contributed by atoms with Gasteiger partial charge in [-0.2, -0.15) is 0 Å². The molecule has 1 aliphatic heterocycles. The van der Waals surface area contributed by atoms with Gasteiger partial charge >= 0.3 is 0 Å². The number of hydrogen-bond donors (Lipinski definition) is 1. The van der Waals surface area contributed by atoms with Crippen molar-refractivity contribution >= 4 is 35.5 Å². The molecule has 0 bridgehead atoms. The molecular formula is C28H39NO4S2. The van der Waals surface area contributed by atoms with Crippen LogP contribution in [0.4, 0.5) is 0 Å². The van der Waals surface area contributed by atoms with Crippen LogP contribution < -0.4 is 0 Å². The maximum atomic E-state index is 11.3. The number of nitrogens with zero attached hydrogens (tertiary/aromatic N) is 1. The molecule has 2 atom stereocenters. The Morgan fingerprint density at radius 3 is 2.37 bits per heavy atom. The van der Waals surface area contributed by atoms with Gasteiger partial charge in [0, 0.05) is 36.4 Å². The van der Waals surface area contributed by atoms with Crippen molar-refractivity contribution in [3.05, 3.63) is 81.0 Å². The highest BCUT2D eigenvalue weighted by atomic mass is 32.2. The van der Waals surface area contributed by atoms with E-state index < -0.39 is 0 Å². The second-order valence-electron chi connectivity index (χ2n) is 8.21. The van der Waals surface area contributed by atoms with Crippen molar-refractivity contribution in [1.29, 1.82) is 0 Å². The smallest absolute Gasteiger partial charge is 0.156 e. The topological polar surface area (TPSA) is 68.1 Å². The summed E-state index contributed by atoms with van der Waals surface area (Å²) in [5.41, 5.74) is 2.88. The Kier molecular flexibility index (Phi) is 15.4. The van der Waals surface area contributed by atoms with Crippen LogP contribution in [0.3, 0.4) is 0 Å². The van der Waals surface area contributed by atoms with Crippen molar-refractivity contribution in [3.8, 4) is 0 Å². The first-order valence-electron chi connectivity index (χ1n) is 11.6. The Bertz CT molecular complexity index is 920. The molecule has 35 heavy (non-hydrogen) atoms. The third-order valence-electron chi connectivity index (χ3n) is 5.55. The summed E-state index contributed by atoms with van der Waals surface area (Å²) in [7, 11) is 3.39. The molecule has 1 aliphatic carbocycles. The molecular weight excluding hydrogens is 478 g/mol. The van der Waals surface area contributed by atoms with Gasteiger partial charge in [-0.25, -0.2) is 0 Å². The molecule has 192 valence electrons. The van der Waals surface area contributed by atoms with Crippen LogP contribution in [0.1, 0.15) is 38.7 Å². The van der Waals surface area contributed by atoms with Gasteiger partial charge < -0.3 is 14.7 Å². The number of hydrogen-bond acceptors (Lipinski definition) is 7. The second-order valence-corrected chi connectivity index (χ2v) is 10.4. The van der Waals surface area contributed by atoms with E-state index >= 15 is 0 Å². The number of oxime groups is 1. The van der Waals surface area contributed by atoms with E-state index in [1.807, 2.05) is 43.5 Å². The number of benzene rings is 1. The molecule has 1 N–H and O–H groups in total. The Morgan fingerprint density at radius 2 is 1.94 bits per heavy atom. The zero-order valence-electron chi connectivity index (χ0n) is 21.7. The Balaban J connectivity index is 0.000000458. The van der Waals surface area contributed by atoms with E-state index in [2.05, 4.69) is 54.1 Å². The van der Waals surface area contributed by atoms with Gasteiger partial charge in [-0.05, 0) is 57.4 Å². The molecule has 3 rings (SSSR count). The summed E-state index contributed by atoms with van der Waals surface area (Å²) in [5, 5.41) is 12.8. The van der Waals surface area contributed by atoms with E-state index in [1.54, 1.807) is 26.0 Å². The number of aryl methyl sites for hydroxylation is 1. The van der Waals surface area contributed by atoms with Crippen LogP contribution in [-0.2, 0) is 14.3 Å². The minimum absolute atomic E-state index is 0.168. The highest BCUT2D eigenvalue weighted by Gasteiger charge is 2.25. The highest BCUT2D eigenvalue weighted by Crippen LogP contribution is 2.37. The molecule has 0 amide bonds. The molecule has 7 heteroatoms. The number of ether oxygens (including phenoxy) is 2. The fourth-order valence-corrected chi connectivity index (χ4v) is 4.72. The minimum atomic E-state index is -0.262. The Morgan fingerprint density at radius 1 is 1.26 bits per heavy atom. The fraction of sp³-hybridized carbons (Fsp3) is 0.429. The minimum Gasteiger partial charge on any atom is -0.411 e. The van der Waals surface area contributed by atoms with Crippen molar-refractivity contribution in [2.75, 3.05) is 27.1 Å². The summed E-state index contributed by atoms with van der Waals surface area (Å²) in [5.74, 6) is 0.168. The van der Waals surface area contributed by atoms with Gasteiger partial charge in [-0.1, -0.05) is 77.1 Å². The van der Waals surface area contributed by atoms with Crippen LogP contribution in [0.5, 0.6) is 0 Å². The molecule has 0 fully saturated rings. The summed E-state index contributed by atoms with van der Waals surface area (Å²) >= 11 is 2.96. The molecule has 5 nitrogen and oxygen atoms in total. The summed E-state index contributed by atoms with van der Waals surface area (Å²) < 4.78 is 11.0. The zero-order chi connectivity index (χ0) is 26.1. The molecule has 1 aromatic carbocycles. The number of methoxy groups -OCH3 is 2.